The SMILES string of the molecule is CC(C)(C)Nc1sc(-c2ccccc2)nc1-c1cccc2ccccc12. The van der Waals surface area contributed by atoms with Gasteiger partial charge in [0, 0.05) is 16.7 Å². The molecule has 4 aromatic rings. The van der Waals surface area contributed by atoms with Gasteiger partial charge in [-0.05, 0) is 31.5 Å². The Kier molecular flexibility index (Phi) is 4.25. The van der Waals surface area contributed by atoms with Crippen LogP contribution < -0.4 is 5.32 Å². The maximum absolute atomic E-state index is 5.04. The second-order valence-electron chi connectivity index (χ2n) is 7.46. The summed E-state index contributed by atoms with van der Waals surface area (Å²) in [5, 5.41) is 8.29. The highest BCUT2D eigenvalue weighted by Crippen LogP contribution is 2.41. The Balaban J connectivity index is 1.92. The number of hydrogen-bond donors (Lipinski definition) is 1. The van der Waals surface area contributed by atoms with Crippen LogP contribution >= 0.6 is 11.3 Å². The summed E-state index contributed by atoms with van der Waals surface area (Å²) in [6.07, 6.45) is 0. The van der Waals surface area contributed by atoms with Gasteiger partial charge in [-0.25, -0.2) is 4.98 Å². The second kappa shape index (κ2) is 6.58. The van der Waals surface area contributed by atoms with Gasteiger partial charge in [-0.2, -0.15) is 0 Å². The van der Waals surface area contributed by atoms with Crippen LogP contribution in [0, 0.1) is 0 Å². The summed E-state index contributed by atoms with van der Waals surface area (Å²) in [5.41, 5.74) is 3.33. The minimum absolute atomic E-state index is 0.0280. The Hall–Kier alpha value is -2.65. The molecule has 0 saturated carbocycles. The van der Waals surface area contributed by atoms with Crippen LogP contribution in [-0.2, 0) is 0 Å². The van der Waals surface area contributed by atoms with E-state index in [4.69, 9.17) is 4.98 Å². The van der Waals surface area contributed by atoms with Gasteiger partial charge in [0.15, 0.2) is 0 Å². The van der Waals surface area contributed by atoms with Crippen LogP contribution in [0.2, 0.25) is 0 Å². The van der Waals surface area contributed by atoms with Crippen LogP contribution in [0.25, 0.3) is 32.6 Å². The van der Waals surface area contributed by atoms with Gasteiger partial charge in [0.2, 0.25) is 0 Å². The normalized spacial score (nSPS) is 11.7. The first-order valence-electron chi connectivity index (χ1n) is 8.84. The van der Waals surface area contributed by atoms with Crippen LogP contribution in [0.15, 0.2) is 72.8 Å². The first-order chi connectivity index (χ1) is 12.5. The van der Waals surface area contributed by atoms with E-state index in [0.29, 0.717) is 0 Å². The van der Waals surface area contributed by atoms with Gasteiger partial charge in [0.1, 0.15) is 15.7 Å². The van der Waals surface area contributed by atoms with Crippen molar-refractivity contribution < 1.29 is 0 Å². The molecule has 26 heavy (non-hydrogen) atoms. The van der Waals surface area contributed by atoms with E-state index in [9.17, 15) is 0 Å². The fourth-order valence-corrected chi connectivity index (χ4v) is 4.26. The van der Waals surface area contributed by atoms with Gasteiger partial charge in [-0.1, -0.05) is 84.1 Å². The smallest absolute Gasteiger partial charge is 0.126 e. The molecule has 0 bridgehead atoms. The number of benzene rings is 3. The lowest BCUT2D eigenvalue weighted by Crippen LogP contribution is -2.25. The van der Waals surface area contributed by atoms with E-state index in [1.54, 1.807) is 11.3 Å². The van der Waals surface area contributed by atoms with E-state index in [0.717, 1.165) is 21.3 Å². The van der Waals surface area contributed by atoms with Gasteiger partial charge in [0.25, 0.3) is 0 Å². The van der Waals surface area contributed by atoms with Gasteiger partial charge >= 0.3 is 0 Å². The van der Waals surface area contributed by atoms with E-state index in [-0.39, 0.29) is 5.54 Å². The first kappa shape index (κ1) is 16.8. The Morgan fingerprint density at radius 2 is 1.50 bits per heavy atom. The lowest BCUT2D eigenvalue weighted by atomic mass is 10.0. The molecule has 2 nitrogen and oxygen atoms in total. The van der Waals surface area contributed by atoms with Crippen molar-refractivity contribution in [3.8, 4) is 21.8 Å². The fourth-order valence-electron chi connectivity index (χ4n) is 3.06. The summed E-state index contributed by atoms with van der Waals surface area (Å²) in [7, 11) is 0. The number of fused-ring (bicyclic) bond motifs is 1. The highest BCUT2D eigenvalue weighted by atomic mass is 32.1. The number of nitrogens with one attached hydrogen (secondary N) is 1. The molecule has 4 rings (SSSR count). The number of aromatic nitrogens is 1. The lowest BCUT2D eigenvalue weighted by molar-refractivity contribution is 0.636. The van der Waals surface area contributed by atoms with Crippen molar-refractivity contribution in [2.45, 2.75) is 26.3 Å². The van der Waals surface area contributed by atoms with Crippen LogP contribution in [0.3, 0.4) is 0 Å². The van der Waals surface area contributed by atoms with E-state index in [2.05, 4.69) is 92.8 Å². The third-order valence-electron chi connectivity index (χ3n) is 4.18. The third kappa shape index (κ3) is 3.35. The predicted octanol–water partition coefficient (Wildman–Crippen LogP) is 6.84. The molecular weight excluding hydrogens is 336 g/mol. The van der Waals surface area contributed by atoms with Crippen molar-refractivity contribution in [1.29, 1.82) is 0 Å². The minimum atomic E-state index is -0.0280. The molecule has 0 aliphatic rings. The molecule has 0 spiro atoms. The summed E-state index contributed by atoms with van der Waals surface area (Å²) in [6, 6.07) is 25.3. The number of anilines is 1. The van der Waals surface area contributed by atoms with Crippen molar-refractivity contribution in [2.75, 3.05) is 5.32 Å². The standard InChI is InChI=1S/C23H22N2S/c1-23(2,3)25-22-20(24-21(26-22)17-11-5-4-6-12-17)19-15-9-13-16-10-7-8-14-18(16)19/h4-15,25H,1-3H3. The number of nitrogens with zero attached hydrogens (tertiary/aromatic N) is 1. The molecule has 3 heteroatoms. The van der Waals surface area contributed by atoms with Gasteiger partial charge < -0.3 is 5.32 Å². The summed E-state index contributed by atoms with van der Waals surface area (Å²) in [4.78, 5) is 5.04. The lowest BCUT2D eigenvalue weighted by Gasteiger charge is -2.21. The molecule has 0 saturated heterocycles. The third-order valence-corrected chi connectivity index (χ3v) is 5.20. The first-order valence-corrected chi connectivity index (χ1v) is 9.65. The fraction of sp³-hybridized carbons (Fsp3) is 0.174. The van der Waals surface area contributed by atoms with E-state index >= 15 is 0 Å². The largest absolute Gasteiger partial charge is 0.370 e. The molecule has 3 aromatic carbocycles. The average Bonchev–Trinajstić information content (AvgIpc) is 3.04. The van der Waals surface area contributed by atoms with Crippen LogP contribution in [0.1, 0.15) is 20.8 Å². The maximum atomic E-state index is 5.04. The van der Waals surface area contributed by atoms with Crippen molar-refractivity contribution >= 4 is 27.1 Å². The van der Waals surface area contributed by atoms with Gasteiger partial charge in [0.05, 0.1) is 0 Å². The topological polar surface area (TPSA) is 24.9 Å². The van der Waals surface area contributed by atoms with Gasteiger partial charge in [-0.15, -0.1) is 0 Å². The molecule has 0 radical (unpaired) electrons. The highest BCUT2D eigenvalue weighted by molar-refractivity contribution is 7.19. The zero-order chi connectivity index (χ0) is 18.1. The van der Waals surface area contributed by atoms with Crippen molar-refractivity contribution in [1.82, 2.24) is 4.98 Å². The average molecular weight is 359 g/mol. The molecule has 0 aliphatic heterocycles. The highest BCUT2D eigenvalue weighted by Gasteiger charge is 2.20. The molecule has 130 valence electrons. The molecule has 1 N–H and O–H groups in total. The summed E-state index contributed by atoms with van der Waals surface area (Å²) >= 11 is 1.72. The van der Waals surface area contributed by atoms with Crippen LogP contribution in [0.5, 0.6) is 0 Å². The van der Waals surface area contributed by atoms with Crippen molar-refractivity contribution in [3.63, 3.8) is 0 Å². The molecule has 0 aliphatic carbocycles. The van der Waals surface area contributed by atoms with Crippen molar-refractivity contribution in [3.05, 3.63) is 72.8 Å². The Labute approximate surface area is 158 Å². The number of hydrogen-bond acceptors (Lipinski definition) is 3. The van der Waals surface area contributed by atoms with Crippen LogP contribution in [-0.4, -0.2) is 10.5 Å². The van der Waals surface area contributed by atoms with E-state index < -0.39 is 0 Å². The van der Waals surface area contributed by atoms with Crippen LogP contribution in [0.4, 0.5) is 5.00 Å². The monoisotopic (exact) mass is 358 g/mol. The zero-order valence-electron chi connectivity index (χ0n) is 15.3. The van der Waals surface area contributed by atoms with Gasteiger partial charge in [-0.3, -0.25) is 0 Å². The molecule has 0 unspecified atom stereocenters. The Morgan fingerprint density at radius 1 is 0.808 bits per heavy atom. The molecule has 1 aromatic heterocycles. The van der Waals surface area contributed by atoms with E-state index in [1.807, 2.05) is 6.07 Å². The zero-order valence-corrected chi connectivity index (χ0v) is 16.1. The summed E-state index contributed by atoms with van der Waals surface area (Å²) in [5.74, 6) is 0. The maximum Gasteiger partial charge on any atom is 0.126 e. The minimum Gasteiger partial charge on any atom is -0.370 e. The second-order valence-corrected chi connectivity index (χ2v) is 8.46. The number of thiazole rings is 1. The molecule has 0 atom stereocenters. The molecular formula is C23H22N2S. The summed E-state index contributed by atoms with van der Waals surface area (Å²) in [6.45, 7) is 6.55. The number of rotatable bonds is 3. The molecule has 1 heterocycles. The predicted molar refractivity (Wildman–Crippen MR) is 114 cm³/mol. The summed E-state index contributed by atoms with van der Waals surface area (Å²) < 4.78 is 0. The van der Waals surface area contributed by atoms with E-state index in [1.165, 1.54) is 16.3 Å². The Bertz CT molecular complexity index is 1040. The Morgan fingerprint density at radius 3 is 2.27 bits per heavy atom. The van der Waals surface area contributed by atoms with Crippen molar-refractivity contribution in [2.24, 2.45) is 0 Å². The molecule has 0 amide bonds. The quantitative estimate of drug-likeness (QED) is 0.433. The molecule has 0 fully saturated rings.